The molecule has 0 N–H and O–H groups in total. The molecule has 0 amide bonds. The van der Waals surface area contributed by atoms with Gasteiger partial charge in [0.1, 0.15) is 5.69 Å². The Kier molecular flexibility index (Phi) is 3.28. The number of nitrogens with zero attached hydrogens (tertiary/aromatic N) is 1. The first-order valence-corrected chi connectivity index (χ1v) is 5.76. The third kappa shape index (κ3) is 2.24. The highest BCUT2D eigenvalue weighted by Gasteiger charge is 2.24. The standard InChI is InChI=1S/C12H10BrNO3/c1-3-9-11(12(15)16-2)14-8-6-7(13)4-5-10(8)17-9/h3-6H,1-2H3/b9-3-. The summed E-state index contributed by atoms with van der Waals surface area (Å²) in [6, 6.07) is 5.43. The highest BCUT2D eigenvalue weighted by Crippen LogP contribution is 2.36. The number of allylic oxidation sites excluding steroid dienone is 1. The van der Waals surface area contributed by atoms with Gasteiger partial charge in [-0.15, -0.1) is 0 Å². The molecular weight excluding hydrogens is 286 g/mol. The molecule has 0 saturated heterocycles. The van der Waals surface area contributed by atoms with Crippen LogP contribution in [0, 0.1) is 0 Å². The van der Waals surface area contributed by atoms with E-state index < -0.39 is 5.97 Å². The number of hydrogen-bond acceptors (Lipinski definition) is 4. The van der Waals surface area contributed by atoms with Crippen LogP contribution in [0.4, 0.5) is 5.69 Å². The van der Waals surface area contributed by atoms with Crippen molar-refractivity contribution in [3.05, 3.63) is 34.5 Å². The topological polar surface area (TPSA) is 47.9 Å². The van der Waals surface area contributed by atoms with E-state index in [0.29, 0.717) is 17.2 Å². The summed E-state index contributed by atoms with van der Waals surface area (Å²) in [6.07, 6.45) is 1.68. The number of rotatable bonds is 1. The predicted molar refractivity (Wildman–Crippen MR) is 67.6 cm³/mol. The molecule has 1 aliphatic rings. The molecule has 17 heavy (non-hydrogen) atoms. The number of carbonyl (C=O) groups is 1. The fourth-order valence-electron chi connectivity index (χ4n) is 1.45. The molecule has 0 bridgehead atoms. The Morgan fingerprint density at radius 1 is 1.53 bits per heavy atom. The number of aliphatic imine (C=N–C) groups is 1. The van der Waals surface area contributed by atoms with E-state index in [2.05, 4.69) is 25.7 Å². The zero-order valence-corrected chi connectivity index (χ0v) is 10.9. The lowest BCUT2D eigenvalue weighted by Gasteiger charge is -2.18. The molecule has 1 aliphatic heterocycles. The fourth-order valence-corrected chi connectivity index (χ4v) is 1.79. The van der Waals surface area contributed by atoms with Crippen molar-refractivity contribution < 1.29 is 14.3 Å². The van der Waals surface area contributed by atoms with Crippen molar-refractivity contribution in [3.63, 3.8) is 0 Å². The Morgan fingerprint density at radius 2 is 2.29 bits per heavy atom. The van der Waals surface area contributed by atoms with Crippen molar-refractivity contribution >= 4 is 33.3 Å². The molecule has 0 spiro atoms. The maximum Gasteiger partial charge on any atom is 0.360 e. The monoisotopic (exact) mass is 295 g/mol. The van der Waals surface area contributed by atoms with Crippen LogP contribution in [-0.4, -0.2) is 18.8 Å². The van der Waals surface area contributed by atoms with Gasteiger partial charge >= 0.3 is 5.97 Å². The second-order valence-electron chi connectivity index (χ2n) is 3.32. The van der Waals surface area contributed by atoms with Gasteiger partial charge in [-0.25, -0.2) is 9.79 Å². The third-order valence-electron chi connectivity index (χ3n) is 2.25. The molecule has 0 atom stereocenters. The number of methoxy groups -OCH3 is 1. The molecule has 0 saturated carbocycles. The van der Waals surface area contributed by atoms with Crippen molar-refractivity contribution in [1.82, 2.24) is 0 Å². The van der Waals surface area contributed by atoms with Gasteiger partial charge in [0.2, 0.25) is 0 Å². The molecule has 1 aromatic carbocycles. The Morgan fingerprint density at radius 3 is 2.94 bits per heavy atom. The number of benzene rings is 1. The van der Waals surface area contributed by atoms with Gasteiger partial charge in [-0.05, 0) is 31.2 Å². The number of carbonyl (C=O) groups excluding carboxylic acids is 1. The lowest BCUT2D eigenvalue weighted by atomic mass is 10.2. The maximum absolute atomic E-state index is 11.5. The van der Waals surface area contributed by atoms with Gasteiger partial charge in [0.25, 0.3) is 0 Å². The van der Waals surface area contributed by atoms with E-state index in [1.54, 1.807) is 25.1 Å². The van der Waals surface area contributed by atoms with E-state index >= 15 is 0 Å². The zero-order valence-electron chi connectivity index (χ0n) is 9.36. The van der Waals surface area contributed by atoms with E-state index in [1.165, 1.54) is 7.11 Å². The van der Waals surface area contributed by atoms with Crippen molar-refractivity contribution in [3.8, 4) is 5.75 Å². The summed E-state index contributed by atoms with van der Waals surface area (Å²) in [5, 5.41) is 0. The summed E-state index contributed by atoms with van der Waals surface area (Å²) in [6.45, 7) is 1.78. The Labute approximate surface area is 107 Å². The lowest BCUT2D eigenvalue weighted by molar-refractivity contribution is -0.132. The number of hydrogen-bond donors (Lipinski definition) is 0. The van der Waals surface area contributed by atoms with Gasteiger partial charge in [0, 0.05) is 4.47 Å². The SMILES string of the molecule is C/C=C1\Oc2ccc(Br)cc2N=C1C(=O)OC. The summed E-state index contributed by atoms with van der Waals surface area (Å²) in [5.74, 6) is 0.518. The first-order valence-electron chi connectivity index (χ1n) is 4.96. The summed E-state index contributed by atoms with van der Waals surface area (Å²) in [7, 11) is 1.31. The minimum Gasteiger partial charge on any atom is -0.464 e. The van der Waals surface area contributed by atoms with Crippen molar-refractivity contribution in [1.29, 1.82) is 0 Å². The number of halogens is 1. The molecule has 1 aromatic rings. The van der Waals surface area contributed by atoms with Crippen LogP contribution in [0.15, 0.2) is 39.5 Å². The van der Waals surface area contributed by atoms with Crippen LogP contribution in [0.1, 0.15) is 6.92 Å². The van der Waals surface area contributed by atoms with Gasteiger partial charge < -0.3 is 9.47 Å². The second kappa shape index (κ2) is 4.71. The van der Waals surface area contributed by atoms with Gasteiger partial charge in [0.05, 0.1) is 7.11 Å². The minimum absolute atomic E-state index is 0.181. The van der Waals surface area contributed by atoms with E-state index in [0.717, 1.165) is 4.47 Å². The van der Waals surface area contributed by atoms with Gasteiger partial charge in [-0.3, -0.25) is 0 Å². The van der Waals surface area contributed by atoms with Gasteiger partial charge in [-0.2, -0.15) is 0 Å². The average Bonchev–Trinajstić information content (AvgIpc) is 2.36. The quantitative estimate of drug-likeness (QED) is 0.748. The third-order valence-corrected chi connectivity index (χ3v) is 2.74. The first kappa shape index (κ1) is 11.9. The largest absolute Gasteiger partial charge is 0.464 e. The molecule has 1 heterocycles. The molecule has 0 aliphatic carbocycles. The molecule has 0 aromatic heterocycles. The molecule has 88 valence electrons. The zero-order chi connectivity index (χ0) is 12.4. The summed E-state index contributed by atoms with van der Waals surface area (Å²) in [4.78, 5) is 15.8. The molecule has 0 radical (unpaired) electrons. The van der Waals surface area contributed by atoms with Crippen LogP contribution in [0.2, 0.25) is 0 Å². The summed E-state index contributed by atoms with van der Waals surface area (Å²) in [5.41, 5.74) is 0.783. The van der Waals surface area contributed by atoms with Crippen LogP contribution < -0.4 is 4.74 Å². The highest BCUT2D eigenvalue weighted by molar-refractivity contribution is 9.10. The van der Waals surface area contributed by atoms with Crippen molar-refractivity contribution in [2.24, 2.45) is 4.99 Å². The van der Waals surface area contributed by atoms with Crippen LogP contribution >= 0.6 is 15.9 Å². The van der Waals surface area contributed by atoms with Crippen molar-refractivity contribution in [2.75, 3.05) is 7.11 Å². The number of ether oxygens (including phenoxy) is 2. The van der Waals surface area contributed by atoms with E-state index in [-0.39, 0.29) is 5.71 Å². The average molecular weight is 296 g/mol. The lowest BCUT2D eigenvalue weighted by Crippen LogP contribution is -2.23. The fraction of sp³-hybridized carbons (Fsp3) is 0.167. The van der Waals surface area contributed by atoms with Gasteiger partial charge in [-0.1, -0.05) is 15.9 Å². The Balaban J connectivity index is 2.54. The summed E-state index contributed by atoms with van der Waals surface area (Å²) < 4.78 is 11.1. The Bertz CT molecular complexity index is 535. The molecule has 4 nitrogen and oxygen atoms in total. The van der Waals surface area contributed by atoms with Crippen LogP contribution in [0.25, 0.3) is 0 Å². The minimum atomic E-state index is -0.510. The first-order chi connectivity index (χ1) is 8.15. The number of fused-ring (bicyclic) bond motifs is 1. The highest BCUT2D eigenvalue weighted by atomic mass is 79.9. The van der Waals surface area contributed by atoms with Gasteiger partial charge in [0.15, 0.2) is 17.2 Å². The van der Waals surface area contributed by atoms with Crippen LogP contribution in [0.5, 0.6) is 5.75 Å². The van der Waals surface area contributed by atoms with Crippen LogP contribution in [-0.2, 0) is 9.53 Å². The van der Waals surface area contributed by atoms with E-state index in [1.807, 2.05) is 6.07 Å². The molecule has 2 rings (SSSR count). The predicted octanol–water partition coefficient (Wildman–Crippen LogP) is 2.99. The normalized spacial score (nSPS) is 15.9. The smallest absolute Gasteiger partial charge is 0.360 e. The van der Waals surface area contributed by atoms with E-state index in [4.69, 9.17) is 4.74 Å². The molecular formula is C12H10BrNO3. The Hall–Kier alpha value is -1.62. The van der Waals surface area contributed by atoms with Crippen LogP contribution in [0.3, 0.4) is 0 Å². The van der Waals surface area contributed by atoms with Crippen molar-refractivity contribution in [2.45, 2.75) is 6.92 Å². The number of esters is 1. The molecule has 5 heteroatoms. The second-order valence-corrected chi connectivity index (χ2v) is 4.23. The summed E-state index contributed by atoms with van der Waals surface area (Å²) >= 11 is 3.34. The molecule has 0 fully saturated rings. The maximum atomic E-state index is 11.5. The molecule has 0 unspecified atom stereocenters. The van der Waals surface area contributed by atoms with E-state index in [9.17, 15) is 4.79 Å².